The molecule has 0 unspecified atom stereocenters. The quantitative estimate of drug-likeness (QED) is 0.657. The topological polar surface area (TPSA) is 53.2 Å². The lowest BCUT2D eigenvalue weighted by atomic mass is 9.98. The van der Waals surface area contributed by atoms with Gasteiger partial charge in [-0.3, -0.25) is 0 Å². The maximum absolute atomic E-state index is 5.66. The number of hydrogen-bond donors (Lipinski definition) is 2. The number of hydrogen-bond acceptors (Lipinski definition) is 3. The van der Waals surface area contributed by atoms with Gasteiger partial charge in [-0.1, -0.05) is 12.1 Å². The summed E-state index contributed by atoms with van der Waals surface area (Å²) < 4.78 is 5.28. The van der Waals surface area contributed by atoms with E-state index in [4.69, 9.17) is 21.9 Å². The highest BCUT2D eigenvalue weighted by molar-refractivity contribution is 7.80. The number of benzene rings is 2. The number of piperidine rings is 1. The van der Waals surface area contributed by atoms with Gasteiger partial charge in [0, 0.05) is 30.8 Å². The van der Waals surface area contributed by atoms with Crippen molar-refractivity contribution in [3.63, 3.8) is 0 Å². The standard InChI is InChI=1S/C21H24N4OS/c1-14-8-9-18-19(11-14)24-20(23-18)15-5-4-10-25(13-15)21(27)22-16-6-3-7-17(12-16)26-2/h3,6-9,11-12,15H,4-5,10,13H2,1-2H3,(H,22,27)(H,23,24)/t15-/m0/s1. The molecular weight excluding hydrogens is 356 g/mol. The number of aromatic nitrogens is 2. The lowest BCUT2D eigenvalue weighted by Gasteiger charge is -2.33. The Hall–Kier alpha value is -2.60. The molecule has 1 aliphatic rings. The molecule has 0 radical (unpaired) electrons. The maximum Gasteiger partial charge on any atom is 0.173 e. The molecule has 1 aliphatic heterocycles. The molecule has 27 heavy (non-hydrogen) atoms. The molecular formula is C21H24N4OS. The molecule has 4 rings (SSSR count). The van der Waals surface area contributed by atoms with Crippen molar-refractivity contribution in [2.75, 3.05) is 25.5 Å². The summed E-state index contributed by atoms with van der Waals surface area (Å²) in [5, 5.41) is 4.09. The van der Waals surface area contributed by atoms with E-state index in [9.17, 15) is 0 Å². The van der Waals surface area contributed by atoms with Crippen LogP contribution < -0.4 is 10.1 Å². The zero-order valence-electron chi connectivity index (χ0n) is 15.7. The van der Waals surface area contributed by atoms with Crippen LogP contribution in [0.1, 0.15) is 30.1 Å². The van der Waals surface area contributed by atoms with Gasteiger partial charge < -0.3 is 19.9 Å². The van der Waals surface area contributed by atoms with Crippen LogP contribution in [0.4, 0.5) is 5.69 Å². The van der Waals surface area contributed by atoms with E-state index in [0.29, 0.717) is 5.92 Å². The molecule has 2 heterocycles. The summed E-state index contributed by atoms with van der Waals surface area (Å²) in [4.78, 5) is 10.6. The third-order valence-corrected chi connectivity index (χ3v) is 5.43. The Morgan fingerprint density at radius 3 is 3.04 bits per heavy atom. The van der Waals surface area contributed by atoms with Crippen molar-refractivity contribution in [3.05, 3.63) is 53.9 Å². The second-order valence-electron chi connectivity index (χ2n) is 7.09. The zero-order valence-corrected chi connectivity index (χ0v) is 16.5. The van der Waals surface area contributed by atoms with Gasteiger partial charge in [0.2, 0.25) is 0 Å². The van der Waals surface area contributed by atoms with Crippen molar-refractivity contribution in [3.8, 4) is 5.75 Å². The van der Waals surface area contributed by atoms with Gasteiger partial charge in [0.25, 0.3) is 0 Å². The first-order valence-electron chi connectivity index (χ1n) is 9.28. The normalized spacial score (nSPS) is 17.1. The van der Waals surface area contributed by atoms with Crippen molar-refractivity contribution in [1.82, 2.24) is 14.9 Å². The lowest BCUT2D eigenvalue weighted by Crippen LogP contribution is -2.41. The Morgan fingerprint density at radius 1 is 1.30 bits per heavy atom. The Labute approximate surface area is 164 Å². The summed E-state index contributed by atoms with van der Waals surface area (Å²) in [7, 11) is 1.67. The van der Waals surface area contributed by atoms with E-state index in [1.807, 2.05) is 24.3 Å². The largest absolute Gasteiger partial charge is 0.497 e. The number of nitrogens with one attached hydrogen (secondary N) is 2. The highest BCUT2D eigenvalue weighted by Gasteiger charge is 2.25. The number of likely N-dealkylation sites (tertiary alicyclic amines) is 1. The highest BCUT2D eigenvalue weighted by atomic mass is 32.1. The van der Waals surface area contributed by atoms with E-state index >= 15 is 0 Å². The van der Waals surface area contributed by atoms with Gasteiger partial charge in [0.05, 0.1) is 18.1 Å². The van der Waals surface area contributed by atoms with Crippen LogP contribution in [-0.2, 0) is 0 Å². The Bertz CT molecular complexity index is 968. The SMILES string of the molecule is COc1cccc(NC(=S)N2CCC[C@H](c3nc4ccc(C)cc4[nH]3)C2)c1. The monoisotopic (exact) mass is 380 g/mol. The molecule has 5 nitrogen and oxygen atoms in total. The second kappa shape index (κ2) is 7.56. The fourth-order valence-corrected chi connectivity index (χ4v) is 3.91. The van der Waals surface area contributed by atoms with E-state index < -0.39 is 0 Å². The summed E-state index contributed by atoms with van der Waals surface area (Å²) >= 11 is 5.66. The summed E-state index contributed by atoms with van der Waals surface area (Å²) in [6.45, 7) is 3.94. The number of imidazole rings is 1. The predicted molar refractivity (Wildman–Crippen MR) is 114 cm³/mol. The molecule has 0 aliphatic carbocycles. The summed E-state index contributed by atoms with van der Waals surface area (Å²) in [5.41, 5.74) is 4.33. The van der Waals surface area contributed by atoms with Crippen molar-refractivity contribution in [1.29, 1.82) is 0 Å². The Balaban J connectivity index is 1.47. The smallest absolute Gasteiger partial charge is 0.173 e. The lowest BCUT2D eigenvalue weighted by molar-refractivity contribution is 0.307. The van der Waals surface area contributed by atoms with Crippen LogP contribution in [0, 0.1) is 6.92 Å². The predicted octanol–water partition coefficient (Wildman–Crippen LogP) is 4.46. The van der Waals surface area contributed by atoms with E-state index in [1.165, 1.54) is 5.56 Å². The molecule has 2 aromatic carbocycles. The van der Waals surface area contributed by atoms with Crippen molar-refractivity contribution < 1.29 is 4.74 Å². The highest BCUT2D eigenvalue weighted by Crippen LogP contribution is 2.28. The number of aromatic amines is 1. The number of ether oxygens (including phenoxy) is 1. The summed E-state index contributed by atoms with van der Waals surface area (Å²) in [6.07, 6.45) is 2.22. The number of H-pyrrole nitrogens is 1. The third kappa shape index (κ3) is 3.90. The van der Waals surface area contributed by atoms with Crippen LogP contribution in [0.2, 0.25) is 0 Å². The van der Waals surface area contributed by atoms with E-state index in [1.54, 1.807) is 7.11 Å². The fraction of sp³-hybridized carbons (Fsp3) is 0.333. The van der Waals surface area contributed by atoms with Gasteiger partial charge in [-0.05, 0) is 61.8 Å². The fourth-order valence-electron chi connectivity index (χ4n) is 3.62. The van der Waals surface area contributed by atoms with Crippen LogP contribution in [0.3, 0.4) is 0 Å². The summed E-state index contributed by atoms with van der Waals surface area (Å²) in [5.74, 6) is 2.23. The number of aryl methyl sites for hydroxylation is 1. The third-order valence-electron chi connectivity index (χ3n) is 5.07. The molecule has 6 heteroatoms. The van der Waals surface area contributed by atoms with Gasteiger partial charge in [0.1, 0.15) is 11.6 Å². The molecule has 2 N–H and O–H groups in total. The van der Waals surface area contributed by atoms with Crippen LogP contribution in [0.5, 0.6) is 5.75 Å². The molecule has 1 atom stereocenters. The minimum absolute atomic E-state index is 0.358. The molecule has 1 aromatic heterocycles. The second-order valence-corrected chi connectivity index (χ2v) is 7.48. The number of thiocarbonyl (C=S) groups is 1. The number of methoxy groups -OCH3 is 1. The minimum Gasteiger partial charge on any atom is -0.497 e. The summed E-state index contributed by atoms with van der Waals surface area (Å²) in [6, 6.07) is 14.2. The van der Waals surface area contributed by atoms with Crippen LogP contribution in [0.25, 0.3) is 11.0 Å². The molecule has 0 amide bonds. The average molecular weight is 381 g/mol. The molecule has 0 bridgehead atoms. The van der Waals surface area contributed by atoms with Gasteiger partial charge in [0.15, 0.2) is 5.11 Å². The molecule has 3 aromatic rings. The van der Waals surface area contributed by atoms with Crippen molar-refractivity contribution >= 4 is 34.1 Å². The van der Waals surface area contributed by atoms with Crippen molar-refractivity contribution in [2.45, 2.75) is 25.7 Å². The minimum atomic E-state index is 0.358. The van der Waals surface area contributed by atoms with Crippen LogP contribution in [0.15, 0.2) is 42.5 Å². The first kappa shape index (κ1) is 17.8. The molecule has 0 saturated carbocycles. The molecule has 140 valence electrons. The zero-order chi connectivity index (χ0) is 18.8. The first-order chi connectivity index (χ1) is 13.1. The van der Waals surface area contributed by atoms with Gasteiger partial charge in [-0.15, -0.1) is 0 Å². The van der Waals surface area contributed by atoms with Crippen molar-refractivity contribution in [2.24, 2.45) is 0 Å². The molecule has 1 saturated heterocycles. The van der Waals surface area contributed by atoms with E-state index in [0.717, 1.165) is 59.3 Å². The Kier molecular flexibility index (Phi) is 4.99. The van der Waals surface area contributed by atoms with Gasteiger partial charge in [-0.2, -0.15) is 0 Å². The number of anilines is 1. The number of rotatable bonds is 3. The molecule has 0 spiro atoms. The Morgan fingerprint density at radius 2 is 2.19 bits per heavy atom. The number of nitrogens with zero attached hydrogens (tertiary/aromatic N) is 2. The average Bonchev–Trinajstić information content (AvgIpc) is 3.11. The number of fused-ring (bicyclic) bond motifs is 1. The first-order valence-corrected chi connectivity index (χ1v) is 9.69. The van der Waals surface area contributed by atoms with E-state index in [2.05, 4.69) is 40.3 Å². The van der Waals surface area contributed by atoms with Crippen LogP contribution >= 0.6 is 12.2 Å². The van der Waals surface area contributed by atoms with Gasteiger partial charge >= 0.3 is 0 Å². The van der Waals surface area contributed by atoms with E-state index in [-0.39, 0.29) is 0 Å². The maximum atomic E-state index is 5.66. The molecule has 1 fully saturated rings. The van der Waals surface area contributed by atoms with Crippen LogP contribution in [-0.4, -0.2) is 40.2 Å². The van der Waals surface area contributed by atoms with Gasteiger partial charge in [-0.25, -0.2) is 4.98 Å².